The van der Waals surface area contributed by atoms with Crippen molar-refractivity contribution in [3.05, 3.63) is 0 Å². The molecule has 0 aromatic heterocycles. The van der Waals surface area contributed by atoms with Crippen molar-refractivity contribution in [2.24, 2.45) is 0 Å². The van der Waals surface area contributed by atoms with E-state index in [0.717, 1.165) is 0 Å². The van der Waals surface area contributed by atoms with Gasteiger partial charge in [0.15, 0.2) is 17.4 Å². The van der Waals surface area contributed by atoms with Crippen LogP contribution in [0.1, 0.15) is 0 Å². The molecular formula is CH11AlCaSi. The molecule has 3 heteroatoms. The summed E-state index contributed by atoms with van der Waals surface area (Å²) in [7, 11) is 1.31. The molecule has 0 amide bonds. The second kappa shape index (κ2) is 19.9. The van der Waals surface area contributed by atoms with E-state index in [9.17, 15) is 0 Å². The molecule has 0 atom stereocenters. The normalized spacial score (nSPS) is 2.25. The fraction of sp³-hybridized carbons (Fsp3) is 1.00. The van der Waals surface area contributed by atoms with Crippen LogP contribution in [0.15, 0.2) is 0 Å². The standard InChI is InChI=1S/CH6Si.Al.Ca.5H/c1-2;;;;;;;/h1-2H3;;;;;;;. The van der Waals surface area contributed by atoms with E-state index in [1.54, 1.807) is 0 Å². The van der Waals surface area contributed by atoms with Crippen molar-refractivity contribution in [1.82, 2.24) is 0 Å². The van der Waals surface area contributed by atoms with Crippen LogP contribution in [0.5, 0.6) is 0 Å². The van der Waals surface area contributed by atoms with Crippen LogP contribution in [0.3, 0.4) is 0 Å². The van der Waals surface area contributed by atoms with Crippen molar-refractivity contribution in [3.63, 3.8) is 0 Å². The van der Waals surface area contributed by atoms with Gasteiger partial charge in [0.2, 0.25) is 0 Å². The minimum atomic E-state index is 0. The third kappa shape index (κ3) is 8.99. The molecule has 4 heavy (non-hydrogen) atoms. The summed E-state index contributed by atoms with van der Waals surface area (Å²) in [6.07, 6.45) is 0. The van der Waals surface area contributed by atoms with Gasteiger partial charge >= 0.3 is 37.7 Å². The predicted molar refractivity (Wildman–Crippen MR) is 34.3 cm³/mol. The van der Waals surface area contributed by atoms with Crippen molar-refractivity contribution >= 4 is 65.3 Å². The van der Waals surface area contributed by atoms with E-state index in [0.29, 0.717) is 0 Å². The summed E-state index contributed by atoms with van der Waals surface area (Å²) in [6.45, 7) is 2.14. The summed E-state index contributed by atoms with van der Waals surface area (Å²) in [6, 6.07) is 0. The van der Waals surface area contributed by atoms with Crippen LogP contribution < -0.4 is 0 Å². The number of hydrogen-bond donors (Lipinski definition) is 0. The summed E-state index contributed by atoms with van der Waals surface area (Å²) in [5.74, 6) is 0. The van der Waals surface area contributed by atoms with Gasteiger partial charge in [-0.15, -0.1) is 0 Å². The fourth-order valence-corrected chi connectivity index (χ4v) is 0. The van der Waals surface area contributed by atoms with Gasteiger partial charge in [-0.3, -0.25) is 0 Å². The Bertz CT molecular complexity index is 8.00. The van der Waals surface area contributed by atoms with E-state index in [-0.39, 0.29) is 55.1 Å². The molecule has 0 rings (SSSR count). The average Bonchev–Trinajstić information content (AvgIpc) is 1.00. The summed E-state index contributed by atoms with van der Waals surface area (Å²) in [4.78, 5) is 0. The van der Waals surface area contributed by atoms with Crippen LogP contribution in [-0.4, -0.2) is 65.3 Å². The molecule has 0 heterocycles. The molecule has 0 bridgehead atoms. The molecule has 0 nitrogen and oxygen atoms in total. The van der Waals surface area contributed by atoms with Crippen LogP contribution >= 0.6 is 0 Å². The zero-order valence-corrected chi connectivity index (χ0v) is 4.00. The van der Waals surface area contributed by atoms with Gasteiger partial charge in [0.25, 0.3) is 0 Å². The van der Waals surface area contributed by atoms with E-state index >= 15 is 0 Å². The predicted octanol–water partition coefficient (Wildman–Crippen LogP) is -2.70. The Balaban J connectivity index is -0.00000000500. The first kappa shape index (κ1) is 16.7. The monoisotopic (exact) mass is 118 g/mol. The third-order valence-electron chi connectivity index (χ3n) is 0. The van der Waals surface area contributed by atoms with Gasteiger partial charge in [0.1, 0.15) is 0 Å². The minimum absolute atomic E-state index is 0. The Hall–Kier alpha value is 2.01. The second-order valence-electron chi connectivity index (χ2n) is 0. The molecule has 0 radical (unpaired) electrons. The Morgan fingerprint density at radius 2 is 1.25 bits per heavy atom. The molecule has 0 fully saturated rings. The van der Waals surface area contributed by atoms with Crippen molar-refractivity contribution in [2.45, 2.75) is 6.55 Å². The maximum absolute atomic E-state index is 2.14. The first-order valence-electron chi connectivity index (χ1n) is 1.00. The fourth-order valence-electron chi connectivity index (χ4n) is 0. The average molecular weight is 118 g/mol. The van der Waals surface area contributed by atoms with Crippen molar-refractivity contribution in [3.8, 4) is 0 Å². The zero-order valence-electron chi connectivity index (χ0n) is 2.00. The number of hydrogen-bond acceptors (Lipinski definition) is 0. The summed E-state index contributed by atoms with van der Waals surface area (Å²) in [5, 5.41) is 0. The molecule has 0 aliphatic rings. The molecule has 0 aliphatic heterocycles. The first-order valence-corrected chi connectivity index (χ1v) is 3.00. The van der Waals surface area contributed by atoms with Gasteiger partial charge < -0.3 is 0 Å². The summed E-state index contributed by atoms with van der Waals surface area (Å²) >= 11 is 0. The topological polar surface area (TPSA) is 0 Å². The molecule has 0 aromatic rings. The maximum atomic E-state index is 2.14. The van der Waals surface area contributed by atoms with Gasteiger partial charge in [-0.2, -0.15) is 0 Å². The molecule has 0 aliphatic carbocycles. The SMILES string of the molecule is C[SiH3].[AlH3].[CaH2]. The summed E-state index contributed by atoms with van der Waals surface area (Å²) < 4.78 is 0. The van der Waals surface area contributed by atoms with E-state index in [2.05, 4.69) is 6.55 Å². The van der Waals surface area contributed by atoms with Crippen molar-refractivity contribution in [1.29, 1.82) is 0 Å². The first-order chi connectivity index (χ1) is 1.00. The van der Waals surface area contributed by atoms with Gasteiger partial charge in [-0.05, 0) is 10.2 Å². The Morgan fingerprint density at radius 3 is 1.25 bits per heavy atom. The quantitative estimate of drug-likeness (QED) is 0.304. The third-order valence-corrected chi connectivity index (χ3v) is 0. The Labute approximate surface area is 70.9 Å². The van der Waals surface area contributed by atoms with Crippen LogP contribution in [0, 0.1) is 0 Å². The van der Waals surface area contributed by atoms with Gasteiger partial charge in [0.05, 0.1) is 0 Å². The van der Waals surface area contributed by atoms with E-state index in [1.807, 2.05) is 0 Å². The van der Waals surface area contributed by atoms with E-state index < -0.39 is 0 Å². The molecule has 0 saturated heterocycles. The molecular weight excluding hydrogens is 107 g/mol. The molecule has 24 valence electrons. The van der Waals surface area contributed by atoms with Crippen LogP contribution in [0.25, 0.3) is 0 Å². The van der Waals surface area contributed by atoms with Gasteiger partial charge in [-0.1, -0.05) is 6.55 Å². The Kier molecular flexibility index (Phi) is 83.0. The van der Waals surface area contributed by atoms with Crippen LogP contribution in [0.4, 0.5) is 0 Å². The Morgan fingerprint density at radius 1 is 1.25 bits per heavy atom. The summed E-state index contributed by atoms with van der Waals surface area (Å²) in [5.41, 5.74) is 0. The molecule has 0 unspecified atom stereocenters. The zero-order chi connectivity index (χ0) is 2.00. The second-order valence-corrected chi connectivity index (χ2v) is 0. The van der Waals surface area contributed by atoms with Crippen LogP contribution in [0.2, 0.25) is 6.55 Å². The molecule has 0 spiro atoms. The molecule has 0 saturated carbocycles. The number of rotatable bonds is 0. The van der Waals surface area contributed by atoms with Gasteiger partial charge in [-0.25, -0.2) is 0 Å². The van der Waals surface area contributed by atoms with Crippen molar-refractivity contribution < 1.29 is 0 Å². The van der Waals surface area contributed by atoms with E-state index in [4.69, 9.17) is 0 Å². The van der Waals surface area contributed by atoms with Crippen LogP contribution in [-0.2, 0) is 0 Å². The van der Waals surface area contributed by atoms with Gasteiger partial charge in [0, 0.05) is 0 Å². The van der Waals surface area contributed by atoms with E-state index in [1.165, 1.54) is 10.2 Å². The molecule has 0 aromatic carbocycles. The van der Waals surface area contributed by atoms with Crippen molar-refractivity contribution in [2.75, 3.05) is 0 Å². The molecule has 0 N–H and O–H groups in total.